The molecule has 5 rings (SSSR count). The van der Waals surface area contributed by atoms with E-state index >= 15 is 0 Å². The molecule has 9 heteroatoms. The number of rotatable bonds is 9. The molecule has 1 aliphatic heterocycles. The Kier molecular flexibility index (Phi) is 7.63. The van der Waals surface area contributed by atoms with Crippen molar-refractivity contribution in [3.8, 4) is 5.75 Å². The molecule has 2 aromatic carbocycles. The Labute approximate surface area is 214 Å². The van der Waals surface area contributed by atoms with E-state index in [0.29, 0.717) is 46.4 Å². The molecule has 0 bridgehead atoms. The van der Waals surface area contributed by atoms with Gasteiger partial charge in [0.2, 0.25) is 5.91 Å². The van der Waals surface area contributed by atoms with Gasteiger partial charge in [-0.3, -0.25) is 9.69 Å². The van der Waals surface area contributed by atoms with Crippen LogP contribution in [0.5, 0.6) is 5.75 Å². The van der Waals surface area contributed by atoms with Gasteiger partial charge in [0.1, 0.15) is 23.7 Å². The lowest BCUT2D eigenvalue weighted by atomic mass is 10.1. The third-order valence-electron chi connectivity index (χ3n) is 6.43. The van der Waals surface area contributed by atoms with E-state index in [4.69, 9.17) is 16.3 Å². The maximum atomic E-state index is 13.6. The maximum absolute atomic E-state index is 13.6. The first-order valence-electron chi connectivity index (χ1n) is 12.4. The highest BCUT2D eigenvalue weighted by atomic mass is 35.5. The summed E-state index contributed by atoms with van der Waals surface area (Å²) in [6, 6.07) is 7.99. The number of hydrogen-bond donors (Lipinski definition) is 2. The Morgan fingerprint density at radius 2 is 2.00 bits per heavy atom. The van der Waals surface area contributed by atoms with Gasteiger partial charge in [0.25, 0.3) is 0 Å². The number of amides is 1. The van der Waals surface area contributed by atoms with Gasteiger partial charge in [0.15, 0.2) is 0 Å². The van der Waals surface area contributed by atoms with Crippen LogP contribution in [0.2, 0.25) is 5.02 Å². The second-order valence-corrected chi connectivity index (χ2v) is 9.76. The van der Waals surface area contributed by atoms with Gasteiger partial charge in [0.05, 0.1) is 22.8 Å². The fourth-order valence-electron chi connectivity index (χ4n) is 4.23. The number of anilines is 3. The smallest absolute Gasteiger partial charge is 0.248 e. The molecular weight excluding hydrogens is 481 g/mol. The van der Waals surface area contributed by atoms with E-state index in [1.165, 1.54) is 37.7 Å². The number of halogens is 2. The lowest BCUT2D eigenvalue weighted by Crippen LogP contribution is -2.29. The standard InChI is InChI=1S/C27H29ClFN5O2/c28-21-13-19(8-9-22(21)29)32-27-20-14-24(33-26(35)5-4-12-34-10-2-1-3-11-34)25(36-16-18-6-7-18)15-23(20)30-17-31-27/h4-5,8-9,13-15,17-18H,1-3,6-7,10-12,16H2,(H,33,35)(H,30,31,32)/b5-4+. The van der Waals surface area contributed by atoms with Crippen molar-refractivity contribution >= 4 is 45.6 Å². The Morgan fingerprint density at radius 1 is 1.17 bits per heavy atom. The lowest BCUT2D eigenvalue weighted by Gasteiger charge is -2.24. The highest BCUT2D eigenvalue weighted by Gasteiger charge is 2.23. The minimum absolute atomic E-state index is 0.0124. The Morgan fingerprint density at radius 3 is 2.78 bits per heavy atom. The number of fused-ring (bicyclic) bond motifs is 1. The van der Waals surface area contributed by atoms with Crippen LogP contribution in [0.3, 0.4) is 0 Å². The van der Waals surface area contributed by atoms with Gasteiger partial charge in [-0.1, -0.05) is 24.1 Å². The molecule has 1 saturated heterocycles. The van der Waals surface area contributed by atoms with Crippen molar-refractivity contribution in [2.24, 2.45) is 5.92 Å². The monoisotopic (exact) mass is 509 g/mol. The lowest BCUT2D eigenvalue weighted by molar-refractivity contribution is -0.111. The molecule has 2 N–H and O–H groups in total. The van der Waals surface area contributed by atoms with E-state index in [9.17, 15) is 9.18 Å². The van der Waals surface area contributed by atoms with Crippen molar-refractivity contribution in [3.05, 3.63) is 59.7 Å². The molecule has 7 nitrogen and oxygen atoms in total. The molecule has 188 valence electrons. The van der Waals surface area contributed by atoms with Gasteiger partial charge >= 0.3 is 0 Å². The van der Waals surface area contributed by atoms with Gasteiger partial charge < -0.3 is 15.4 Å². The van der Waals surface area contributed by atoms with E-state index in [-0.39, 0.29) is 10.9 Å². The number of nitrogens with zero attached hydrogens (tertiary/aromatic N) is 3. The zero-order valence-corrected chi connectivity index (χ0v) is 20.7. The topological polar surface area (TPSA) is 79.4 Å². The average molecular weight is 510 g/mol. The van der Waals surface area contributed by atoms with Crippen LogP contribution >= 0.6 is 11.6 Å². The average Bonchev–Trinajstić information content (AvgIpc) is 3.71. The molecule has 1 aliphatic carbocycles. The van der Waals surface area contributed by atoms with Crippen LogP contribution in [0.15, 0.2) is 48.8 Å². The summed E-state index contributed by atoms with van der Waals surface area (Å²) in [7, 11) is 0. The first-order chi connectivity index (χ1) is 17.5. The Balaban J connectivity index is 1.38. The molecule has 0 unspecified atom stereocenters. The summed E-state index contributed by atoms with van der Waals surface area (Å²) in [6.45, 7) is 3.51. The first-order valence-corrected chi connectivity index (χ1v) is 12.8. The highest BCUT2D eigenvalue weighted by molar-refractivity contribution is 6.31. The van der Waals surface area contributed by atoms with E-state index in [1.54, 1.807) is 18.2 Å². The van der Waals surface area contributed by atoms with Gasteiger partial charge in [0, 0.05) is 29.8 Å². The van der Waals surface area contributed by atoms with Crippen LogP contribution in [0.1, 0.15) is 32.1 Å². The number of ether oxygens (including phenoxy) is 1. The van der Waals surface area contributed by atoms with Gasteiger partial charge in [-0.05, 0) is 69.0 Å². The van der Waals surface area contributed by atoms with Gasteiger partial charge in [-0.15, -0.1) is 0 Å². The van der Waals surface area contributed by atoms with Crippen molar-refractivity contribution in [1.82, 2.24) is 14.9 Å². The molecule has 3 aromatic rings. The van der Waals surface area contributed by atoms with E-state index in [0.717, 1.165) is 32.5 Å². The molecule has 0 radical (unpaired) electrons. The number of piperidine rings is 1. The number of benzene rings is 2. The van der Waals surface area contributed by atoms with Crippen molar-refractivity contribution < 1.29 is 13.9 Å². The molecule has 0 atom stereocenters. The molecule has 1 aromatic heterocycles. The fourth-order valence-corrected chi connectivity index (χ4v) is 4.41. The van der Waals surface area contributed by atoms with Gasteiger partial charge in [-0.25, -0.2) is 14.4 Å². The number of nitrogens with one attached hydrogen (secondary N) is 2. The quantitative estimate of drug-likeness (QED) is 0.348. The van der Waals surface area contributed by atoms with Gasteiger partial charge in [-0.2, -0.15) is 0 Å². The zero-order chi connectivity index (χ0) is 24.9. The molecule has 0 spiro atoms. The Bertz CT molecular complexity index is 1270. The molecule has 2 aliphatic rings. The summed E-state index contributed by atoms with van der Waals surface area (Å²) in [5.41, 5.74) is 1.79. The molecular formula is C27H29ClFN5O2. The van der Waals surface area contributed by atoms with E-state index in [1.807, 2.05) is 12.1 Å². The number of carbonyl (C=O) groups excluding carboxylic acids is 1. The van der Waals surface area contributed by atoms with E-state index < -0.39 is 5.82 Å². The number of likely N-dealkylation sites (tertiary alicyclic amines) is 1. The SMILES string of the molecule is O=C(/C=C/CN1CCCCC1)Nc1cc2c(Nc3ccc(F)c(Cl)c3)ncnc2cc1OCC1CC1. The molecule has 36 heavy (non-hydrogen) atoms. The number of hydrogen-bond acceptors (Lipinski definition) is 6. The normalized spacial score (nSPS) is 16.4. The van der Waals surface area contributed by atoms with E-state index in [2.05, 4.69) is 25.5 Å². The summed E-state index contributed by atoms with van der Waals surface area (Å²) in [5.74, 6) is 0.915. The van der Waals surface area contributed by atoms with Crippen LogP contribution in [-0.4, -0.2) is 47.0 Å². The fraction of sp³-hybridized carbons (Fsp3) is 0.370. The van der Waals surface area contributed by atoms with Crippen LogP contribution < -0.4 is 15.4 Å². The number of carbonyl (C=O) groups is 1. The first kappa shape index (κ1) is 24.5. The van der Waals surface area contributed by atoms with Crippen LogP contribution in [0.4, 0.5) is 21.6 Å². The molecule has 2 heterocycles. The van der Waals surface area contributed by atoms with Crippen molar-refractivity contribution in [2.45, 2.75) is 32.1 Å². The second-order valence-electron chi connectivity index (χ2n) is 9.35. The second kappa shape index (κ2) is 11.2. The predicted molar refractivity (Wildman–Crippen MR) is 141 cm³/mol. The van der Waals surface area contributed by atoms with Crippen LogP contribution in [0.25, 0.3) is 10.9 Å². The predicted octanol–water partition coefficient (Wildman–Crippen LogP) is 5.94. The minimum Gasteiger partial charge on any atom is -0.491 e. The zero-order valence-electron chi connectivity index (χ0n) is 20.0. The molecule has 1 amide bonds. The Hall–Kier alpha value is -3.23. The van der Waals surface area contributed by atoms with Crippen LogP contribution in [-0.2, 0) is 4.79 Å². The maximum Gasteiger partial charge on any atom is 0.248 e. The summed E-state index contributed by atoms with van der Waals surface area (Å²) >= 11 is 5.94. The highest BCUT2D eigenvalue weighted by Crippen LogP contribution is 2.36. The molecule has 2 fully saturated rings. The van der Waals surface area contributed by atoms with Crippen molar-refractivity contribution in [1.29, 1.82) is 0 Å². The summed E-state index contributed by atoms with van der Waals surface area (Å²) in [6.07, 6.45) is 10.9. The summed E-state index contributed by atoms with van der Waals surface area (Å²) < 4.78 is 19.7. The summed E-state index contributed by atoms with van der Waals surface area (Å²) in [4.78, 5) is 23.9. The number of aromatic nitrogens is 2. The largest absolute Gasteiger partial charge is 0.491 e. The third kappa shape index (κ3) is 6.30. The molecule has 1 saturated carbocycles. The van der Waals surface area contributed by atoms with Crippen molar-refractivity contribution in [3.63, 3.8) is 0 Å². The van der Waals surface area contributed by atoms with Crippen molar-refractivity contribution in [2.75, 3.05) is 36.9 Å². The third-order valence-corrected chi connectivity index (χ3v) is 6.72. The minimum atomic E-state index is -0.495. The van der Waals surface area contributed by atoms with Crippen LogP contribution in [0, 0.1) is 11.7 Å². The summed E-state index contributed by atoms with van der Waals surface area (Å²) in [5, 5.41) is 6.84.